The molecule has 1 aliphatic carbocycles. The minimum Gasteiger partial charge on any atom is -0.409 e. The van der Waals surface area contributed by atoms with Crippen molar-refractivity contribution in [3.63, 3.8) is 0 Å². The number of nitrogens with zero attached hydrogens (tertiary/aromatic N) is 3. The molecule has 0 amide bonds. The fraction of sp³-hybridized carbons (Fsp3) is 0.364. The van der Waals surface area contributed by atoms with Crippen LogP contribution in [0.3, 0.4) is 0 Å². The van der Waals surface area contributed by atoms with E-state index in [2.05, 4.69) is 30.7 Å². The number of aromatic nitrogens is 2. The highest BCUT2D eigenvalue weighted by Crippen LogP contribution is 2.34. The molecule has 0 radical (unpaired) electrons. The van der Waals surface area contributed by atoms with Crippen molar-refractivity contribution >= 4 is 40.1 Å². The number of amidine groups is 1. The number of hydrogen-bond acceptors (Lipinski definition) is 5. The van der Waals surface area contributed by atoms with Crippen molar-refractivity contribution in [2.24, 2.45) is 5.16 Å². The monoisotopic (exact) mass is 480 g/mol. The number of anilines is 2. The van der Waals surface area contributed by atoms with Gasteiger partial charge in [-0.25, -0.2) is 18.2 Å². The van der Waals surface area contributed by atoms with Crippen molar-refractivity contribution in [3.8, 4) is 0 Å². The summed E-state index contributed by atoms with van der Waals surface area (Å²) in [4.78, 5) is 9.34. The summed E-state index contributed by atoms with van der Waals surface area (Å²) >= 11 is 5.80. The minimum absolute atomic E-state index is 0.0376. The van der Waals surface area contributed by atoms with Crippen molar-refractivity contribution in [3.05, 3.63) is 52.3 Å². The van der Waals surface area contributed by atoms with Crippen molar-refractivity contribution in [1.29, 1.82) is 0 Å². The second kappa shape index (κ2) is 9.11. The summed E-state index contributed by atoms with van der Waals surface area (Å²) in [7, 11) is 4.05. The van der Waals surface area contributed by atoms with Gasteiger partial charge in [0.05, 0.1) is 10.5 Å². The second-order valence-electron chi connectivity index (χ2n) is 8.41. The summed E-state index contributed by atoms with van der Waals surface area (Å²) in [6.45, 7) is 0.576. The lowest BCUT2D eigenvalue weighted by atomic mass is 9.96. The third kappa shape index (κ3) is 4.45. The van der Waals surface area contributed by atoms with Crippen LogP contribution in [0.2, 0.25) is 5.02 Å². The molecule has 0 bridgehead atoms. The fourth-order valence-electron chi connectivity index (χ4n) is 4.29. The number of aromatic amines is 1. The molecule has 1 fully saturated rings. The first-order valence-corrected chi connectivity index (χ1v) is 10.9. The van der Waals surface area contributed by atoms with Crippen LogP contribution in [-0.4, -0.2) is 52.1 Å². The average Bonchev–Trinajstić information content (AvgIpc) is 3.44. The molecule has 176 valence electrons. The van der Waals surface area contributed by atoms with Gasteiger partial charge >= 0.3 is 0 Å². The molecular formula is C22H24ClF3N6O. The van der Waals surface area contributed by atoms with E-state index in [4.69, 9.17) is 11.6 Å². The maximum absolute atomic E-state index is 14.6. The Morgan fingerprint density at radius 3 is 2.58 bits per heavy atom. The molecule has 4 N–H and O–H groups in total. The number of benzene rings is 2. The number of H-pyrrole nitrogens is 1. The molecule has 0 saturated heterocycles. The van der Waals surface area contributed by atoms with Crippen LogP contribution in [0.25, 0.3) is 11.0 Å². The molecule has 0 unspecified atom stereocenters. The van der Waals surface area contributed by atoms with Gasteiger partial charge in [-0.15, -0.1) is 0 Å². The van der Waals surface area contributed by atoms with Crippen molar-refractivity contribution in [1.82, 2.24) is 14.9 Å². The van der Waals surface area contributed by atoms with Gasteiger partial charge < -0.3 is 25.7 Å². The standard InChI is InChI=1S/C22H24ClF3N6O/c1-32(2)22(7-3-4-8-22)11-27-21-29-18-13(10-16(25)17(26)19(18)30-21)20(31-33)28-12-5-6-15(24)14(23)9-12/h5-6,9-10,33H,3-4,7-8,11H2,1-2H3,(H,28,31)(H2,27,29,30). The number of nitrogens with one attached hydrogen (secondary N) is 3. The lowest BCUT2D eigenvalue weighted by Gasteiger charge is -2.36. The Kier molecular flexibility index (Phi) is 6.40. The van der Waals surface area contributed by atoms with Crippen molar-refractivity contribution < 1.29 is 18.4 Å². The number of fused-ring (bicyclic) bond motifs is 1. The zero-order valence-electron chi connectivity index (χ0n) is 18.1. The molecule has 4 rings (SSSR count). The Hall–Kier alpha value is -2.98. The normalized spacial score (nSPS) is 16.0. The van der Waals surface area contributed by atoms with E-state index in [1.807, 2.05) is 14.1 Å². The fourth-order valence-corrected chi connectivity index (χ4v) is 4.47. The summed E-state index contributed by atoms with van der Waals surface area (Å²) in [6.07, 6.45) is 4.29. The van der Waals surface area contributed by atoms with E-state index >= 15 is 0 Å². The van der Waals surface area contributed by atoms with Gasteiger partial charge in [-0.05, 0) is 51.2 Å². The highest BCUT2D eigenvalue weighted by atomic mass is 35.5. The largest absolute Gasteiger partial charge is 0.409 e. The van der Waals surface area contributed by atoms with Crippen LogP contribution < -0.4 is 10.6 Å². The molecule has 1 aromatic heterocycles. The maximum atomic E-state index is 14.6. The van der Waals surface area contributed by atoms with Gasteiger partial charge in [0, 0.05) is 23.3 Å². The summed E-state index contributed by atoms with van der Waals surface area (Å²) in [5.74, 6) is -2.83. The Labute approximate surface area is 193 Å². The van der Waals surface area contributed by atoms with Gasteiger partial charge in [-0.2, -0.15) is 0 Å². The first-order chi connectivity index (χ1) is 15.7. The van der Waals surface area contributed by atoms with E-state index in [1.54, 1.807) is 0 Å². The molecule has 1 heterocycles. The van der Waals surface area contributed by atoms with Gasteiger partial charge in [0.1, 0.15) is 11.3 Å². The van der Waals surface area contributed by atoms with E-state index in [0.717, 1.165) is 37.8 Å². The van der Waals surface area contributed by atoms with E-state index in [1.165, 1.54) is 12.1 Å². The summed E-state index contributed by atoms with van der Waals surface area (Å²) in [6, 6.07) is 4.67. The molecule has 1 saturated carbocycles. The SMILES string of the molecule is CN(C)C1(CNc2nc3c(F)c(F)cc(/C(=N\O)Nc4ccc(F)c(Cl)c4)c3[nH]2)CCCC1. The van der Waals surface area contributed by atoms with Crippen LogP contribution in [0.1, 0.15) is 31.2 Å². The predicted octanol–water partition coefficient (Wildman–Crippen LogP) is 5.17. The van der Waals surface area contributed by atoms with Crippen molar-refractivity contribution in [2.75, 3.05) is 31.3 Å². The van der Waals surface area contributed by atoms with Gasteiger partial charge in [0.2, 0.25) is 5.95 Å². The number of likely N-dealkylation sites (N-methyl/N-ethyl adjacent to an activating group) is 1. The lowest BCUT2D eigenvalue weighted by Crippen LogP contribution is -2.47. The van der Waals surface area contributed by atoms with E-state index in [-0.39, 0.29) is 38.9 Å². The lowest BCUT2D eigenvalue weighted by molar-refractivity contribution is 0.172. The number of halogens is 4. The van der Waals surface area contributed by atoms with Crippen LogP contribution in [0.5, 0.6) is 0 Å². The molecule has 11 heteroatoms. The second-order valence-corrected chi connectivity index (χ2v) is 8.82. The van der Waals surface area contributed by atoms with Crippen LogP contribution >= 0.6 is 11.6 Å². The number of hydrogen-bond donors (Lipinski definition) is 4. The number of imidazole rings is 1. The Bertz CT molecular complexity index is 1210. The molecule has 0 aliphatic heterocycles. The highest BCUT2D eigenvalue weighted by molar-refractivity contribution is 6.31. The Balaban J connectivity index is 1.67. The van der Waals surface area contributed by atoms with E-state index in [9.17, 15) is 18.4 Å². The molecule has 2 aromatic carbocycles. The summed E-state index contributed by atoms with van der Waals surface area (Å²) in [5, 5.41) is 18.6. The van der Waals surface area contributed by atoms with Gasteiger partial charge in [-0.3, -0.25) is 0 Å². The molecule has 1 aliphatic rings. The van der Waals surface area contributed by atoms with Gasteiger partial charge in [-0.1, -0.05) is 29.6 Å². The van der Waals surface area contributed by atoms with Crippen LogP contribution in [0, 0.1) is 17.5 Å². The zero-order valence-corrected chi connectivity index (χ0v) is 18.9. The zero-order chi connectivity index (χ0) is 23.8. The number of oxime groups is 1. The summed E-state index contributed by atoms with van der Waals surface area (Å²) in [5.41, 5.74) is 0.176. The van der Waals surface area contributed by atoms with E-state index in [0.29, 0.717) is 12.2 Å². The third-order valence-corrected chi connectivity index (χ3v) is 6.56. The van der Waals surface area contributed by atoms with Crippen LogP contribution in [0.4, 0.5) is 24.8 Å². The third-order valence-electron chi connectivity index (χ3n) is 6.27. The first-order valence-electron chi connectivity index (χ1n) is 10.5. The first kappa shape index (κ1) is 23.2. The average molecular weight is 481 g/mol. The van der Waals surface area contributed by atoms with Crippen molar-refractivity contribution in [2.45, 2.75) is 31.2 Å². The minimum atomic E-state index is -1.16. The summed E-state index contributed by atoms with van der Waals surface area (Å²) < 4.78 is 42.4. The smallest absolute Gasteiger partial charge is 0.201 e. The Morgan fingerprint density at radius 1 is 1.21 bits per heavy atom. The molecule has 33 heavy (non-hydrogen) atoms. The molecule has 0 atom stereocenters. The molecule has 3 aromatic rings. The topological polar surface area (TPSA) is 88.6 Å². The van der Waals surface area contributed by atoms with Crippen LogP contribution in [-0.2, 0) is 0 Å². The van der Waals surface area contributed by atoms with Gasteiger partial charge in [0.15, 0.2) is 17.5 Å². The molecular weight excluding hydrogens is 457 g/mol. The highest BCUT2D eigenvalue weighted by Gasteiger charge is 2.36. The molecule has 7 nitrogen and oxygen atoms in total. The quantitative estimate of drug-likeness (QED) is 0.169. The Morgan fingerprint density at radius 2 is 1.94 bits per heavy atom. The van der Waals surface area contributed by atoms with Gasteiger partial charge in [0.25, 0.3) is 0 Å². The predicted molar refractivity (Wildman–Crippen MR) is 123 cm³/mol. The maximum Gasteiger partial charge on any atom is 0.201 e. The van der Waals surface area contributed by atoms with Crippen LogP contribution in [0.15, 0.2) is 29.4 Å². The molecule has 0 spiro atoms. The number of rotatable bonds is 6. The van der Waals surface area contributed by atoms with E-state index < -0.39 is 17.5 Å².